The fraction of sp³-hybridized carbons (Fsp3) is 0.250. The maximum atomic E-state index is 12.6. The molecule has 8 nitrogen and oxygen atoms in total. The van der Waals surface area contributed by atoms with E-state index in [9.17, 15) is 9.59 Å². The predicted molar refractivity (Wildman–Crippen MR) is 113 cm³/mol. The number of hydrogen-bond donors (Lipinski definition) is 2. The van der Waals surface area contributed by atoms with Crippen LogP contribution in [-0.4, -0.2) is 37.8 Å². The van der Waals surface area contributed by atoms with Crippen LogP contribution in [0.5, 0.6) is 0 Å². The molecule has 0 bridgehead atoms. The van der Waals surface area contributed by atoms with Gasteiger partial charge in [-0.15, -0.1) is 5.10 Å². The molecule has 3 rings (SSSR count). The number of nitrogens with zero attached hydrogens (tertiary/aromatic N) is 4. The number of para-hydroxylation sites is 1. The van der Waals surface area contributed by atoms with E-state index in [1.807, 2.05) is 25.1 Å². The van der Waals surface area contributed by atoms with Crippen molar-refractivity contribution < 1.29 is 9.59 Å². The minimum Gasteiger partial charge on any atom is -0.325 e. The van der Waals surface area contributed by atoms with E-state index in [1.54, 1.807) is 31.3 Å². The molecule has 2 aromatic carbocycles. The van der Waals surface area contributed by atoms with Gasteiger partial charge in [0.1, 0.15) is 0 Å². The van der Waals surface area contributed by atoms with Gasteiger partial charge in [0.05, 0.1) is 5.75 Å². The van der Waals surface area contributed by atoms with Crippen molar-refractivity contribution >= 4 is 35.0 Å². The SMILES string of the molecule is CCc1cccc(C)c1NC(=O)c1ccc(NC(=O)CSc2nnnn2C)cc1. The van der Waals surface area contributed by atoms with E-state index in [2.05, 4.69) is 33.1 Å². The van der Waals surface area contributed by atoms with E-state index in [4.69, 9.17) is 0 Å². The van der Waals surface area contributed by atoms with Crippen LogP contribution in [0.25, 0.3) is 0 Å². The summed E-state index contributed by atoms with van der Waals surface area (Å²) in [7, 11) is 1.71. The number of rotatable bonds is 7. The molecule has 150 valence electrons. The number of hydrogen-bond acceptors (Lipinski definition) is 6. The Morgan fingerprint density at radius 2 is 1.86 bits per heavy atom. The van der Waals surface area contributed by atoms with E-state index in [1.165, 1.54) is 16.4 Å². The summed E-state index contributed by atoms with van der Waals surface area (Å²) in [5.74, 6) is -0.177. The van der Waals surface area contributed by atoms with Gasteiger partial charge in [-0.1, -0.05) is 36.9 Å². The average molecular weight is 411 g/mol. The number of anilines is 2. The van der Waals surface area contributed by atoms with Gasteiger partial charge < -0.3 is 10.6 Å². The number of amides is 2. The van der Waals surface area contributed by atoms with Crippen LogP contribution in [0, 0.1) is 6.92 Å². The molecule has 0 aliphatic carbocycles. The van der Waals surface area contributed by atoms with Gasteiger partial charge in [-0.3, -0.25) is 9.59 Å². The van der Waals surface area contributed by atoms with Crippen LogP contribution in [0.3, 0.4) is 0 Å². The molecule has 0 aliphatic heterocycles. The summed E-state index contributed by atoms with van der Waals surface area (Å²) in [5.41, 5.74) is 4.11. The van der Waals surface area contributed by atoms with Crippen molar-refractivity contribution in [2.45, 2.75) is 25.4 Å². The standard InChI is InChI=1S/C20H22N6O2S/c1-4-14-7-5-6-13(2)18(14)22-19(28)15-8-10-16(11-9-15)21-17(27)12-29-20-23-24-25-26(20)3/h5-11H,4,12H2,1-3H3,(H,21,27)(H,22,28). The number of aryl methyl sites for hydroxylation is 3. The van der Waals surface area contributed by atoms with E-state index >= 15 is 0 Å². The summed E-state index contributed by atoms with van der Waals surface area (Å²) in [6.07, 6.45) is 0.838. The lowest BCUT2D eigenvalue weighted by Crippen LogP contribution is -2.16. The summed E-state index contributed by atoms with van der Waals surface area (Å²) in [6.45, 7) is 4.03. The molecule has 2 amide bonds. The topological polar surface area (TPSA) is 102 Å². The summed E-state index contributed by atoms with van der Waals surface area (Å²) in [5, 5.41) is 17.4. The molecule has 0 aliphatic rings. The molecular weight excluding hydrogens is 388 g/mol. The smallest absolute Gasteiger partial charge is 0.255 e. The van der Waals surface area contributed by atoms with Crippen molar-refractivity contribution in [3.05, 3.63) is 59.2 Å². The van der Waals surface area contributed by atoms with Crippen molar-refractivity contribution in [2.75, 3.05) is 16.4 Å². The molecule has 0 saturated carbocycles. The molecule has 29 heavy (non-hydrogen) atoms. The van der Waals surface area contributed by atoms with Gasteiger partial charge in [-0.25, -0.2) is 4.68 Å². The van der Waals surface area contributed by atoms with Crippen molar-refractivity contribution in [3.63, 3.8) is 0 Å². The lowest BCUT2D eigenvalue weighted by molar-refractivity contribution is -0.113. The Morgan fingerprint density at radius 1 is 1.10 bits per heavy atom. The molecule has 0 unspecified atom stereocenters. The number of thioether (sulfide) groups is 1. The van der Waals surface area contributed by atoms with Crippen molar-refractivity contribution in [1.82, 2.24) is 20.2 Å². The van der Waals surface area contributed by atoms with Crippen LogP contribution in [-0.2, 0) is 18.3 Å². The van der Waals surface area contributed by atoms with Gasteiger partial charge in [0.15, 0.2) is 0 Å². The van der Waals surface area contributed by atoms with Crippen molar-refractivity contribution in [1.29, 1.82) is 0 Å². The fourth-order valence-corrected chi connectivity index (χ4v) is 3.41. The summed E-state index contributed by atoms with van der Waals surface area (Å²) in [4.78, 5) is 24.7. The summed E-state index contributed by atoms with van der Waals surface area (Å²) in [6, 6.07) is 12.8. The normalized spacial score (nSPS) is 10.6. The Kier molecular flexibility index (Phi) is 6.61. The van der Waals surface area contributed by atoms with E-state index < -0.39 is 0 Å². The second-order valence-corrected chi connectivity index (χ2v) is 7.36. The third kappa shape index (κ3) is 5.20. The zero-order valence-corrected chi connectivity index (χ0v) is 17.3. The molecular formula is C20H22N6O2S. The first kappa shape index (κ1) is 20.5. The fourth-order valence-electron chi connectivity index (χ4n) is 2.76. The Bertz CT molecular complexity index is 1020. The lowest BCUT2D eigenvalue weighted by atomic mass is 10.1. The first-order valence-electron chi connectivity index (χ1n) is 9.13. The lowest BCUT2D eigenvalue weighted by Gasteiger charge is -2.13. The monoisotopic (exact) mass is 410 g/mol. The highest BCUT2D eigenvalue weighted by Crippen LogP contribution is 2.22. The third-order valence-electron chi connectivity index (χ3n) is 4.32. The maximum absolute atomic E-state index is 12.6. The molecule has 0 radical (unpaired) electrons. The molecule has 0 saturated heterocycles. The van der Waals surface area contributed by atoms with E-state index in [0.29, 0.717) is 16.4 Å². The van der Waals surface area contributed by atoms with Crippen LogP contribution in [0.1, 0.15) is 28.4 Å². The molecule has 3 aromatic rings. The molecule has 1 aromatic heterocycles. The summed E-state index contributed by atoms with van der Waals surface area (Å²) >= 11 is 1.25. The van der Waals surface area contributed by atoms with Crippen LogP contribution >= 0.6 is 11.8 Å². The Labute approximate surface area is 173 Å². The second kappa shape index (κ2) is 9.33. The summed E-state index contributed by atoms with van der Waals surface area (Å²) < 4.78 is 1.50. The zero-order valence-electron chi connectivity index (χ0n) is 16.5. The van der Waals surface area contributed by atoms with Gasteiger partial charge in [0.25, 0.3) is 5.91 Å². The Hall–Kier alpha value is -3.20. The minimum absolute atomic E-state index is 0.178. The molecule has 0 atom stereocenters. The van der Waals surface area contributed by atoms with Gasteiger partial charge in [0.2, 0.25) is 11.1 Å². The maximum Gasteiger partial charge on any atom is 0.255 e. The van der Waals surface area contributed by atoms with Gasteiger partial charge in [-0.05, 0) is 59.2 Å². The van der Waals surface area contributed by atoms with Crippen molar-refractivity contribution in [2.24, 2.45) is 7.05 Å². The van der Waals surface area contributed by atoms with E-state index in [0.717, 1.165) is 23.2 Å². The second-order valence-electron chi connectivity index (χ2n) is 6.42. The molecule has 2 N–H and O–H groups in total. The first-order valence-corrected chi connectivity index (χ1v) is 10.1. The number of carbonyl (C=O) groups is 2. The highest BCUT2D eigenvalue weighted by molar-refractivity contribution is 7.99. The molecule has 0 fully saturated rings. The van der Waals surface area contributed by atoms with Crippen LogP contribution in [0.15, 0.2) is 47.6 Å². The highest BCUT2D eigenvalue weighted by atomic mass is 32.2. The quantitative estimate of drug-likeness (QED) is 0.581. The number of benzene rings is 2. The van der Waals surface area contributed by atoms with E-state index in [-0.39, 0.29) is 17.6 Å². The third-order valence-corrected chi connectivity index (χ3v) is 5.33. The largest absolute Gasteiger partial charge is 0.325 e. The first-order chi connectivity index (χ1) is 14.0. The van der Waals surface area contributed by atoms with Crippen molar-refractivity contribution in [3.8, 4) is 0 Å². The zero-order chi connectivity index (χ0) is 20.8. The van der Waals surface area contributed by atoms with Crippen LogP contribution < -0.4 is 10.6 Å². The van der Waals surface area contributed by atoms with Gasteiger partial charge >= 0.3 is 0 Å². The number of tetrazole rings is 1. The number of nitrogens with one attached hydrogen (secondary N) is 2. The molecule has 9 heteroatoms. The average Bonchev–Trinajstić information content (AvgIpc) is 3.13. The Morgan fingerprint density at radius 3 is 2.52 bits per heavy atom. The predicted octanol–water partition coefficient (Wildman–Crippen LogP) is 3.06. The highest BCUT2D eigenvalue weighted by Gasteiger charge is 2.12. The van der Waals surface area contributed by atoms with Gasteiger partial charge in [-0.2, -0.15) is 0 Å². The number of carbonyl (C=O) groups excluding carboxylic acids is 2. The van der Waals surface area contributed by atoms with Gasteiger partial charge in [0, 0.05) is 24.0 Å². The molecule has 1 heterocycles. The van der Waals surface area contributed by atoms with Crippen LogP contribution in [0.4, 0.5) is 11.4 Å². The molecule has 0 spiro atoms. The minimum atomic E-state index is -0.183. The Balaban J connectivity index is 1.59. The van der Waals surface area contributed by atoms with Crippen LogP contribution in [0.2, 0.25) is 0 Å². The number of aromatic nitrogens is 4.